The van der Waals surface area contributed by atoms with Gasteiger partial charge in [0, 0.05) is 16.6 Å². The first-order valence-corrected chi connectivity index (χ1v) is 6.46. The number of nitrogens with zero attached hydrogens (tertiary/aromatic N) is 2. The molecule has 1 aromatic carbocycles. The average molecular weight is 257 g/mol. The van der Waals surface area contributed by atoms with Gasteiger partial charge in [-0.1, -0.05) is 0 Å². The van der Waals surface area contributed by atoms with Gasteiger partial charge in [0.25, 0.3) is 0 Å². The fourth-order valence-electron chi connectivity index (χ4n) is 1.63. The molecule has 18 heavy (non-hydrogen) atoms. The Morgan fingerprint density at radius 3 is 2.78 bits per heavy atom. The highest BCUT2D eigenvalue weighted by molar-refractivity contribution is 7.07. The number of hydrogen-bond acceptors (Lipinski definition) is 5. The molecule has 3 aromatic rings. The van der Waals surface area contributed by atoms with E-state index in [0.717, 1.165) is 29.2 Å². The molecule has 0 saturated heterocycles. The van der Waals surface area contributed by atoms with Crippen molar-refractivity contribution in [1.82, 2.24) is 9.97 Å². The van der Waals surface area contributed by atoms with Crippen molar-refractivity contribution in [2.75, 3.05) is 5.32 Å². The zero-order valence-electron chi connectivity index (χ0n) is 9.54. The quantitative estimate of drug-likeness (QED) is 0.778. The summed E-state index contributed by atoms with van der Waals surface area (Å²) in [6, 6.07) is 8.04. The number of anilines is 1. The number of thiazole rings is 1. The van der Waals surface area contributed by atoms with Crippen molar-refractivity contribution in [3.63, 3.8) is 0 Å². The van der Waals surface area contributed by atoms with E-state index in [2.05, 4.69) is 15.3 Å². The topological polar surface area (TPSA) is 51.0 Å². The molecule has 0 unspecified atom stereocenters. The molecule has 4 nitrogen and oxygen atoms in total. The van der Waals surface area contributed by atoms with Crippen molar-refractivity contribution in [2.24, 2.45) is 0 Å². The lowest BCUT2D eigenvalue weighted by Gasteiger charge is -2.04. The monoisotopic (exact) mass is 257 g/mol. The van der Waals surface area contributed by atoms with Crippen molar-refractivity contribution in [3.05, 3.63) is 53.4 Å². The first kappa shape index (κ1) is 11.0. The van der Waals surface area contributed by atoms with Crippen LogP contribution in [-0.4, -0.2) is 9.97 Å². The number of rotatable bonds is 4. The highest BCUT2D eigenvalue weighted by atomic mass is 32.1. The second kappa shape index (κ2) is 5.01. The summed E-state index contributed by atoms with van der Waals surface area (Å²) in [4.78, 5) is 8.12. The fourth-order valence-corrected chi connectivity index (χ4v) is 2.19. The molecule has 2 heterocycles. The molecule has 5 heteroatoms. The molecule has 0 radical (unpaired) electrons. The number of benzene rings is 1. The van der Waals surface area contributed by atoms with Gasteiger partial charge < -0.3 is 9.73 Å². The van der Waals surface area contributed by atoms with E-state index in [1.807, 2.05) is 35.2 Å². The third-order valence-corrected chi connectivity index (χ3v) is 3.19. The summed E-state index contributed by atoms with van der Waals surface area (Å²) in [6.45, 7) is 0.741. The molecule has 0 fully saturated rings. The van der Waals surface area contributed by atoms with Gasteiger partial charge in [0.05, 0.1) is 23.9 Å². The summed E-state index contributed by atoms with van der Waals surface area (Å²) in [5.41, 5.74) is 4.97. The van der Waals surface area contributed by atoms with E-state index in [-0.39, 0.29) is 0 Å². The van der Waals surface area contributed by atoms with Crippen LogP contribution in [0.15, 0.2) is 52.2 Å². The van der Waals surface area contributed by atoms with Crippen LogP contribution in [0.5, 0.6) is 0 Å². The summed E-state index contributed by atoms with van der Waals surface area (Å²) in [6.07, 6.45) is 3.14. The third-order valence-electron chi connectivity index (χ3n) is 2.56. The van der Waals surface area contributed by atoms with Gasteiger partial charge in [0.2, 0.25) is 0 Å². The van der Waals surface area contributed by atoms with Crippen LogP contribution >= 0.6 is 11.3 Å². The Bertz CT molecular complexity index is 588. The number of hydrogen-bond donors (Lipinski definition) is 1. The standard InChI is InChI=1S/C13H11N3OS/c1-3-11(15-5-12-7-18-9-16-12)4-2-10(1)13-6-14-8-17-13/h1-4,6-9,15H,5H2. The minimum Gasteiger partial charge on any atom is -0.444 e. The van der Waals surface area contributed by atoms with Crippen LogP contribution in [-0.2, 0) is 6.54 Å². The first-order valence-electron chi connectivity index (χ1n) is 5.52. The molecule has 3 rings (SSSR count). The Kier molecular flexibility index (Phi) is 3.06. The molecular formula is C13H11N3OS. The lowest BCUT2D eigenvalue weighted by molar-refractivity contribution is 0.572. The SMILES string of the molecule is c1ncc(-c2ccc(NCc3cscn3)cc2)o1. The van der Waals surface area contributed by atoms with Crippen LogP contribution < -0.4 is 5.32 Å². The molecule has 0 aliphatic rings. The largest absolute Gasteiger partial charge is 0.444 e. The van der Waals surface area contributed by atoms with Crippen molar-refractivity contribution >= 4 is 17.0 Å². The van der Waals surface area contributed by atoms with E-state index in [1.54, 1.807) is 17.5 Å². The molecule has 0 spiro atoms. The maximum Gasteiger partial charge on any atom is 0.181 e. The van der Waals surface area contributed by atoms with E-state index < -0.39 is 0 Å². The van der Waals surface area contributed by atoms with Gasteiger partial charge >= 0.3 is 0 Å². The molecule has 0 bridgehead atoms. The molecule has 2 aromatic heterocycles. The highest BCUT2D eigenvalue weighted by Gasteiger charge is 2.01. The van der Waals surface area contributed by atoms with Gasteiger partial charge in [0.15, 0.2) is 12.2 Å². The van der Waals surface area contributed by atoms with Gasteiger partial charge in [-0.05, 0) is 24.3 Å². The molecule has 0 saturated carbocycles. The second-order valence-electron chi connectivity index (χ2n) is 3.78. The molecular weight excluding hydrogens is 246 g/mol. The molecule has 0 atom stereocenters. The van der Waals surface area contributed by atoms with Crippen LogP contribution in [0.25, 0.3) is 11.3 Å². The van der Waals surface area contributed by atoms with Gasteiger partial charge in [-0.2, -0.15) is 0 Å². The first-order chi connectivity index (χ1) is 8.92. The summed E-state index contributed by atoms with van der Waals surface area (Å²) >= 11 is 1.60. The Balaban J connectivity index is 1.68. The lowest BCUT2D eigenvalue weighted by Crippen LogP contribution is -1.98. The van der Waals surface area contributed by atoms with Gasteiger partial charge in [-0.3, -0.25) is 0 Å². The van der Waals surface area contributed by atoms with Crippen molar-refractivity contribution in [1.29, 1.82) is 0 Å². The fraction of sp³-hybridized carbons (Fsp3) is 0.0769. The van der Waals surface area contributed by atoms with E-state index in [4.69, 9.17) is 4.42 Å². The molecule has 0 aliphatic carbocycles. The molecule has 0 amide bonds. The van der Waals surface area contributed by atoms with E-state index in [0.29, 0.717) is 0 Å². The highest BCUT2D eigenvalue weighted by Crippen LogP contribution is 2.20. The van der Waals surface area contributed by atoms with Crippen LogP contribution in [0.3, 0.4) is 0 Å². The normalized spacial score (nSPS) is 10.4. The van der Waals surface area contributed by atoms with E-state index in [9.17, 15) is 0 Å². The summed E-state index contributed by atoms with van der Waals surface area (Å²) in [5, 5.41) is 5.36. The van der Waals surface area contributed by atoms with Crippen molar-refractivity contribution in [2.45, 2.75) is 6.54 Å². The van der Waals surface area contributed by atoms with E-state index >= 15 is 0 Å². The average Bonchev–Trinajstić information content (AvgIpc) is 3.10. The maximum atomic E-state index is 5.24. The summed E-state index contributed by atoms with van der Waals surface area (Å²) in [5.74, 6) is 0.779. The lowest BCUT2D eigenvalue weighted by atomic mass is 10.1. The Labute approximate surface area is 108 Å². The zero-order chi connectivity index (χ0) is 12.2. The predicted octanol–water partition coefficient (Wildman–Crippen LogP) is 3.41. The number of oxazole rings is 1. The van der Waals surface area contributed by atoms with Gasteiger partial charge in [0.1, 0.15) is 0 Å². The van der Waals surface area contributed by atoms with Crippen LogP contribution in [0, 0.1) is 0 Å². The Morgan fingerprint density at radius 2 is 2.11 bits per heavy atom. The zero-order valence-corrected chi connectivity index (χ0v) is 10.4. The van der Waals surface area contributed by atoms with Crippen LogP contribution in [0.1, 0.15) is 5.69 Å². The van der Waals surface area contributed by atoms with Gasteiger partial charge in [-0.25, -0.2) is 9.97 Å². The molecule has 0 aliphatic heterocycles. The molecule has 90 valence electrons. The van der Waals surface area contributed by atoms with Gasteiger partial charge in [-0.15, -0.1) is 11.3 Å². The summed E-state index contributed by atoms with van der Waals surface area (Å²) < 4.78 is 5.24. The minimum absolute atomic E-state index is 0.741. The van der Waals surface area contributed by atoms with Crippen LogP contribution in [0.2, 0.25) is 0 Å². The number of nitrogens with one attached hydrogen (secondary N) is 1. The summed E-state index contributed by atoms with van der Waals surface area (Å²) in [7, 11) is 0. The van der Waals surface area contributed by atoms with Crippen molar-refractivity contribution < 1.29 is 4.42 Å². The smallest absolute Gasteiger partial charge is 0.181 e. The predicted molar refractivity (Wildman–Crippen MR) is 71.4 cm³/mol. The number of aromatic nitrogens is 2. The Morgan fingerprint density at radius 1 is 1.22 bits per heavy atom. The van der Waals surface area contributed by atoms with E-state index in [1.165, 1.54) is 6.39 Å². The second-order valence-corrected chi connectivity index (χ2v) is 4.50. The van der Waals surface area contributed by atoms with Crippen LogP contribution in [0.4, 0.5) is 5.69 Å². The minimum atomic E-state index is 0.741. The Hall–Kier alpha value is -2.14. The maximum absolute atomic E-state index is 5.24. The molecule has 1 N–H and O–H groups in total. The van der Waals surface area contributed by atoms with Crippen molar-refractivity contribution in [3.8, 4) is 11.3 Å². The third kappa shape index (κ3) is 2.41.